The maximum absolute atomic E-state index is 13.2. The molecule has 34 heavy (non-hydrogen) atoms. The van der Waals surface area contributed by atoms with Crippen LogP contribution in [0.25, 0.3) is 16.0 Å². The van der Waals surface area contributed by atoms with Gasteiger partial charge in [-0.05, 0) is 71.8 Å². The Hall–Kier alpha value is -4.55. The van der Waals surface area contributed by atoms with Gasteiger partial charge in [-0.1, -0.05) is 24.8 Å². The quantitative estimate of drug-likeness (QED) is 0.254. The maximum atomic E-state index is 13.2. The van der Waals surface area contributed by atoms with Crippen LogP contribution in [0.2, 0.25) is 0 Å². The predicted octanol–water partition coefficient (Wildman–Crippen LogP) is 5.74. The Morgan fingerprint density at radius 1 is 0.971 bits per heavy atom. The van der Waals surface area contributed by atoms with Crippen LogP contribution in [0.5, 0.6) is 0 Å². The molecule has 1 aromatic heterocycles. The first-order valence-corrected chi connectivity index (χ1v) is 11.5. The van der Waals surface area contributed by atoms with Crippen LogP contribution in [0.1, 0.15) is 10.4 Å². The summed E-state index contributed by atoms with van der Waals surface area (Å²) in [6.45, 7) is 6.94. The monoisotopic (exact) mass is 471 g/mol. The number of aromatic nitrogens is 1. The minimum atomic E-state index is -3.36. The van der Waals surface area contributed by atoms with Crippen molar-refractivity contribution in [1.29, 1.82) is 4.78 Å². The lowest BCUT2D eigenvalue weighted by molar-refractivity contribution is 0.102. The molecule has 4 rings (SSSR count). The SMILES string of the molecule is [C-]#[N+]c1ccc(S(=N)(=O)c2ccc(C(=O)Nc3cc(-c4ccc(F)cc4)ccc3N)cc2)cn1. The number of hydrogen-bond acceptors (Lipinski definition) is 5. The second kappa shape index (κ2) is 9.13. The summed E-state index contributed by atoms with van der Waals surface area (Å²) in [6, 6.07) is 19.8. The summed E-state index contributed by atoms with van der Waals surface area (Å²) in [5, 5.41) is 2.76. The number of amides is 1. The van der Waals surface area contributed by atoms with Crippen molar-refractivity contribution in [3.05, 3.63) is 108 Å². The third kappa shape index (κ3) is 4.62. The third-order valence-electron chi connectivity index (χ3n) is 5.09. The van der Waals surface area contributed by atoms with Crippen molar-refractivity contribution in [3.8, 4) is 11.1 Å². The first-order chi connectivity index (χ1) is 16.3. The lowest BCUT2D eigenvalue weighted by Crippen LogP contribution is -2.13. The van der Waals surface area contributed by atoms with E-state index in [1.165, 1.54) is 54.7 Å². The number of nitrogens with one attached hydrogen (secondary N) is 2. The number of pyridine rings is 1. The Balaban J connectivity index is 1.55. The number of rotatable bonds is 5. The Morgan fingerprint density at radius 2 is 1.62 bits per heavy atom. The fourth-order valence-corrected chi connectivity index (χ4v) is 4.48. The van der Waals surface area contributed by atoms with Gasteiger partial charge >= 0.3 is 0 Å². The van der Waals surface area contributed by atoms with Gasteiger partial charge in [0.1, 0.15) is 21.7 Å². The highest BCUT2D eigenvalue weighted by Gasteiger charge is 2.17. The number of benzene rings is 3. The van der Waals surface area contributed by atoms with E-state index in [9.17, 15) is 13.4 Å². The van der Waals surface area contributed by atoms with E-state index in [2.05, 4.69) is 15.1 Å². The summed E-state index contributed by atoms with van der Waals surface area (Å²) in [5.74, 6) is -0.632. The van der Waals surface area contributed by atoms with Crippen LogP contribution in [0.4, 0.5) is 21.6 Å². The van der Waals surface area contributed by atoms with E-state index < -0.39 is 15.6 Å². The zero-order chi connectivity index (χ0) is 24.3. The molecule has 0 aliphatic rings. The van der Waals surface area contributed by atoms with Crippen molar-refractivity contribution in [2.75, 3.05) is 11.1 Å². The molecule has 4 aromatic rings. The molecule has 4 N–H and O–H groups in total. The largest absolute Gasteiger partial charge is 0.397 e. The van der Waals surface area contributed by atoms with Crippen molar-refractivity contribution in [2.24, 2.45) is 0 Å². The first kappa shape index (κ1) is 22.6. The number of hydrogen-bond donors (Lipinski definition) is 3. The molecule has 0 radical (unpaired) electrons. The molecule has 9 heteroatoms. The molecule has 0 aliphatic heterocycles. The summed E-state index contributed by atoms with van der Waals surface area (Å²) in [6.07, 6.45) is 1.25. The van der Waals surface area contributed by atoms with Gasteiger partial charge in [0.05, 0.1) is 21.2 Å². The van der Waals surface area contributed by atoms with Crippen molar-refractivity contribution >= 4 is 32.8 Å². The van der Waals surface area contributed by atoms with Gasteiger partial charge in [-0.15, -0.1) is 4.98 Å². The smallest absolute Gasteiger partial charge is 0.269 e. The lowest BCUT2D eigenvalue weighted by atomic mass is 10.0. The minimum absolute atomic E-state index is 0.147. The summed E-state index contributed by atoms with van der Waals surface area (Å²) >= 11 is 0. The molecule has 0 spiro atoms. The van der Waals surface area contributed by atoms with Gasteiger partial charge < -0.3 is 15.9 Å². The first-order valence-electron chi connectivity index (χ1n) is 9.97. The highest BCUT2D eigenvalue weighted by molar-refractivity contribution is 7.92. The van der Waals surface area contributed by atoms with Gasteiger partial charge in [-0.3, -0.25) is 4.79 Å². The predicted molar refractivity (Wildman–Crippen MR) is 129 cm³/mol. The Morgan fingerprint density at radius 3 is 2.24 bits per heavy atom. The summed E-state index contributed by atoms with van der Waals surface area (Å²) in [5.41, 5.74) is 8.59. The fraction of sp³-hybridized carbons (Fsp3) is 0. The zero-order valence-electron chi connectivity index (χ0n) is 17.7. The van der Waals surface area contributed by atoms with Crippen LogP contribution in [0.15, 0.2) is 94.9 Å². The number of halogens is 1. The second-order valence-corrected chi connectivity index (χ2v) is 9.36. The Labute approximate surface area is 195 Å². The third-order valence-corrected chi connectivity index (χ3v) is 6.94. The molecule has 1 atom stereocenters. The van der Waals surface area contributed by atoms with Crippen LogP contribution < -0.4 is 11.1 Å². The number of nitrogens with two attached hydrogens (primary N) is 1. The Bertz CT molecular complexity index is 1510. The van der Waals surface area contributed by atoms with E-state index >= 15 is 0 Å². The summed E-state index contributed by atoms with van der Waals surface area (Å²) < 4.78 is 34.5. The van der Waals surface area contributed by atoms with Crippen LogP contribution in [-0.2, 0) is 9.73 Å². The van der Waals surface area contributed by atoms with Crippen LogP contribution in [0, 0.1) is 17.2 Å². The van der Waals surface area contributed by atoms with E-state index in [-0.39, 0.29) is 27.0 Å². The van der Waals surface area contributed by atoms with Crippen LogP contribution >= 0.6 is 0 Å². The van der Waals surface area contributed by atoms with Crippen molar-refractivity contribution < 1.29 is 13.4 Å². The average molecular weight is 472 g/mol. The molecule has 168 valence electrons. The van der Waals surface area contributed by atoms with Crippen molar-refractivity contribution in [2.45, 2.75) is 9.79 Å². The molecular formula is C25H18FN5O2S. The maximum Gasteiger partial charge on any atom is 0.269 e. The highest BCUT2D eigenvalue weighted by atomic mass is 32.2. The molecule has 0 bridgehead atoms. The van der Waals surface area contributed by atoms with E-state index in [0.29, 0.717) is 11.4 Å². The molecule has 1 heterocycles. The summed E-state index contributed by atoms with van der Waals surface area (Å²) in [4.78, 5) is 20.2. The number of nitrogens with zero attached hydrogens (tertiary/aromatic N) is 2. The standard InChI is InChI=1S/C25H18FN5O2S/c1-29-24-13-11-21(15-30-24)34(28,33)20-9-4-17(5-10-20)25(32)31-23-14-18(6-12-22(23)27)16-2-7-19(26)8-3-16/h2-15,28H,27H2,(H,31,32). The molecular weight excluding hydrogens is 453 g/mol. The molecule has 0 aliphatic carbocycles. The van der Waals surface area contributed by atoms with Gasteiger partial charge in [-0.25, -0.2) is 13.4 Å². The van der Waals surface area contributed by atoms with E-state index in [1.54, 1.807) is 30.3 Å². The lowest BCUT2D eigenvalue weighted by Gasteiger charge is -2.12. The number of nitrogen functional groups attached to an aromatic ring is 1. The van der Waals surface area contributed by atoms with Gasteiger partial charge in [-0.2, -0.15) is 0 Å². The minimum Gasteiger partial charge on any atom is -0.397 e. The zero-order valence-corrected chi connectivity index (χ0v) is 18.5. The molecule has 1 amide bonds. The number of carbonyl (C=O) groups is 1. The number of anilines is 2. The molecule has 1 unspecified atom stereocenters. The highest BCUT2D eigenvalue weighted by Crippen LogP contribution is 2.28. The van der Waals surface area contributed by atoms with Gasteiger partial charge in [0, 0.05) is 5.56 Å². The average Bonchev–Trinajstić information content (AvgIpc) is 2.86. The van der Waals surface area contributed by atoms with Gasteiger partial charge in [0.15, 0.2) is 0 Å². The van der Waals surface area contributed by atoms with E-state index in [1.807, 2.05) is 0 Å². The fourth-order valence-electron chi connectivity index (χ4n) is 3.22. The van der Waals surface area contributed by atoms with E-state index in [4.69, 9.17) is 17.1 Å². The van der Waals surface area contributed by atoms with Crippen LogP contribution in [0.3, 0.4) is 0 Å². The van der Waals surface area contributed by atoms with Crippen LogP contribution in [-0.4, -0.2) is 15.1 Å². The summed E-state index contributed by atoms with van der Waals surface area (Å²) in [7, 11) is -3.36. The molecule has 0 saturated heterocycles. The molecule has 0 saturated carbocycles. The topological polar surface area (TPSA) is 113 Å². The molecule has 0 fully saturated rings. The van der Waals surface area contributed by atoms with Crippen molar-refractivity contribution in [1.82, 2.24) is 4.98 Å². The van der Waals surface area contributed by atoms with E-state index in [0.717, 1.165) is 11.1 Å². The molecule has 7 nitrogen and oxygen atoms in total. The van der Waals surface area contributed by atoms with Crippen molar-refractivity contribution in [3.63, 3.8) is 0 Å². The van der Waals surface area contributed by atoms with Gasteiger partial charge in [0.2, 0.25) is 0 Å². The molecule has 3 aromatic carbocycles. The normalized spacial score (nSPS) is 12.4. The number of carbonyl (C=O) groups excluding carboxylic acids is 1. The Kier molecular flexibility index (Phi) is 6.08. The van der Waals surface area contributed by atoms with Gasteiger partial charge in [0.25, 0.3) is 11.7 Å². The second-order valence-electron chi connectivity index (χ2n) is 7.31.